The topological polar surface area (TPSA) is 63.7 Å². The zero-order valence-electron chi connectivity index (χ0n) is 15.8. The fourth-order valence-electron chi connectivity index (χ4n) is 3.25. The van der Waals surface area contributed by atoms with E-state index in [0.717, 1.165) is 34.4 Å². The van der Waals surface area contributed by atoms with Crippen LogP contribution >= 0.6 is 11.3 Å². The Balaban J connectivity index is 1.24. The monoisotopic (exact) mass is 397 g/mol. The molecule has 0 atom stereocenters. The molecular formula is C21H23N3O3S. The van der Waals surface area contributed by atoms with E-state index in [1.54, 1.807) is 18.4 Å². The van der Waals surface area contributed by atoms with Crippen molar-refractivity contribution in [1.82, 2.24) is 15.2 Å². The van der Waals surface area contributed by atoms with Crippen LogP contribution in [0.2, 0.25) is 0 Å². The number of thiazole rings is 1. The van der Waals surface area contributed by atoms with Crippen LogP contribution in [0.3, 0.4) is 0 Å². The van der Waals surface area contributed by atoms with Crippen molar-refractivity contribution in [3.8, 4) is 10.9 Å². The molecule has 1 aromatic heterocycles. The van der Waals surface area contributed by atoms with Crippen LogP contribution in [0.5, 0.6) is 10.9 Å². The average Bonchev–Trinajstić information content (AvgIpc) is 3.15. The molecule has 2 heterocycles. The fourth-order valence-corrected chi connectivity index (χ4v) is 4.13. The minimum Gasteiger partial charge on any atom is -0.497 e. The van der Waals surface area contributed by atoms with Gasteiger partial charge in [0.2, 0.25) is 0 Å². The summed E-state index contributed by atoms with van der Waals surface area (Å²) in [6.45, 7) is 1.87. The first-order chi connectivity index (χ1) is 13.7. The van der Waals surface area contributed by atoms with Gasteiger partial charge in [-0.2, -0.15) is 0 Å². The van der Waals surface area contributed by atoms with E-state index in [0.29, 0.717) is 24.8 Å². The summed E-state index contributed by atoms with van der Waals surface area (Å²) in [6.07, 6.45) is 1.73. The number of benzene rings is 2. The molecule has 3 aromatic rings. The molecule has 1 aliphatic rings. The third-order valence-corrected chi connectivity index (χ3v) is 5.80. The minimum absolute atomic E-state index is 0.0331. The molecule has 2 amide bonds. The van der Waals surface area contributed by atoms with Gasteiger partial charge in [0.15, 0.2) is 0 Å². The van der Waals surface area contributed by atoms with Crippen molar-refractivity contribution >= 4 is 27.6 Å². The van der Waals surface area contributed by atoms with Gasteiger partial charge in [-0.3, -0.25) is 0 Å². The summed E-state index contributed by atoms with van der Waals surface area (Å²) >= 11 is 1.57. The molecule has 7 heteroatoms. The molecule has 0 saturated carbocycles. The second-order valence-electron chi connectivity index (χ2n) is 6.76. The van der Waals surface area contributed by atoms with Crippen LogP contribution in [0.15, 0.2) is 48.5 Å². The van der Waals surface area contributed by atoms with E-state index in [1.807, 2.05) is 47.4 Å². The highest BCUT2D eigenvalue weighted by Crippen LogP contribution is 2.29. The van der Waals surface area contributed by atoms with Crippen molar-refractivity contribution in [1.29, 1.82) is 0 Å². The summed E-state index contributed by atoms with van der Waals surface area (Å²) in [5.41, 5.74) is 2.01. The Morgan fingerprint density at radius 1 is 1.18 bits per heavy atom. The molecule has 1 N–H and O–H groups in total. The number of amides is 2. The van der Waals surface area contributed by atoms with Crippen LogP contribution < -0.4 is 14.8 Å². The SMILES string of the molecule is COc1ccc(CNC(=O)N2CCC(Oc3nc4ccccc4s3)CC2)cc1. The molecule has 2 aromatic carbocycles. The molecule has 146 valence electrons. The number of ether oxygens (including phenoxy) is 2. The van der Waals surface area contributed by atoms with E-state index >= 15 is 0 Å². The number of hydrogen-bond acceptors (Lipinski definition) is 5. The van der Waals surface area contributed by atoms with E-state index in [4.69, 9.17) is 9.47 Å². The Morgan fingerprint density at radius 2 is 1.93 bits per heavy atom. The summed E-state index contributed by atoms with van der Waals surface area (Å²) < 4.78 is 12.3. The van der Waals surface area contributed by atoms with Gasteiger partial charge in [0.05, 0.1) is 17.3 Å². The number of nitrogens with zero attached hydrogens (tertiary/aromatic N) is 2. The maximum absolute atomic E-state index is 12.4. The predicted molar refractivity (Wildman–Crippen MR) is 110 cm³/mol. The largest absolute Gasteiger partial charge is 0.497 e. The molecule has 1 fully saturated rings. The van der Waals surface area contributed by atoms with Crippen LogP contribution in [0, 0.1) is 0 Å². The first-order valence-corrected chi connectivity index (χ1v) is 10.2. The number of nitrogens with one attached hydrogen (secondary N) is 1. The molecule has 28 heavy (non-hydrogen) atoms. The van der Waals surface area contributed by atoms with Crippen LogP contribution in [0.1, 0.15) is 18.4 Å². The van der Waals surface area contributed by atoms with Crippen LogP contribution in [0.25, 0.3) is 10.2 Å². The summed E-state index contributed by atoms with van der Waals surface area (Å²) in [5, 5.41) is 3.70. The van der Waals surface area contributed by atoms with E-state index in [-0.39, 0.29) is 12.1 Å². The number of likely N-dealkylation sites (tertiary alicyclic amines) is 1. The number of urea groups is 1. The average molecular weight is 398 g/mol. The molecule has 1 aliphatic heterocycles. The zero-order chi connectivity index (χ0) is 19.3. The zero-order valence-corrected chi connectivity index (χ0v) is 16.6. The summed E-state index contributed by atoms with van der Waals surface area (Å²) in [5.74, 6) is 0.810. The first kappa shape index (κ1) is 18.6. The summed E-state index contributed by atoms with van der Waals surface area (Å²) in [7, 11) is 1.64. The lowest BCUT2D eigenvalue weighted by atomic mass is 10.1. The number of carbonyl (C=O) groups is 1. The molecule has 0 aliphatic carbocycles. The highest BCUT2D eigenvalue weighted by Gasteiger charge is 2.24. The third kappa shape index (κ3) is 4.36. The number of para-hydroxylation sites is 1. The van der Waals surface area contributed by atoms with Gasteiger partial charge in [-0.25, -0.2) is 9.78 Å². The van der Waals surface area contributed by atoms with Crippen molar-refractivity contribution in [2.75, 3.05) is 20.2 Å². The van der Waals surface area contributed by atoms with Gasteiger partial charge in [-0.1, -0.05) is 35.6 Å². The number of aromatic nitrogens is 1. The van der Waals surface area contributed by atoms with E-state index in [9.17, 15) is 4.79 Å². The van der Waals surface area contributed by atoms with Gasteiger partial charge in [0.1, 0.15) is 11.9 Å². The highest BCUT2D eigenvalue weighted by molar-refractivity contribution is 7.20. The summed E-state index contributed by atoms with van der Waals surface area (Å²) in [6, 6.07) is 15.7. The molecule has 6 nitrogen and oxygen atoms in total. The number of methoxy groups -OCH3 is 1. The molecule has 1 saturated heterocycles. The lowest BCUT2D eigenvalue weighted by Crippen LogP contribution is -2.46. The second kappa shape index (κ2) is 8.48. The predicted octanol–water partition coefficient (Wildman–Crippen LogP) is 4.06. The molecule has 0 radical (unpaired) electrons. The quantitative estimate of drug-likeness (QED) is 0.705. The van der Waals surface area contributed by atoms with E-state index in [1.165, 1.54) is 0 Å². The molecule has 4 rings (SSSR count). The highest BCUT2D eigenvalue weighted by atomic mass is 32.1. The lowest BCUT2D eigenvalue weighted by molar-refractivity contribution is 0.111. The summed E-state index contributed by atoms with van der Waals surface area (Å²) in [4.78, 5) is 18.8. The Morgan fingerprint density at radius 3 is 2.64 bits per heavy atom. The first-order valence-electron chi connectivity index (χ1n) is 9.39. The minimum atomic E-state index is -0.0331. The maximum Gasteiger partial charge on any atom is 0.317 e. The molecule has 0 bridgehead atoms. The number of rotatable bonds is 5. The van der Waals surface area contributed by atoms with Gasteiger partial charge >= 0.3 is 6.03 Å². The third-order valence-electron chi connectivity index (χ3n) is 4.87. The number of hydrogen-bond donors (Lipinski definition) is 1. The van der Waals surface area contributed by atoms with Gasteiger partial charge in [0.25, 0.3) is 5.19 Å². The molecule has 0 spiro atoms. The Hall–Kier alpha value is -2.80. The lowest BCUT2D eigenvalue weighted by Gasteiger charge is -2.31. The van der Waals surface area contributed by atoms with E-state index < -0.39 is 0 Å². The van der Waals surface area contributed by atoms with Gasteiger partial charge in [0, 0.05) is 32.5 Å². The maximum atomic E-state index is 12.4. The molecule has 0 unspecified atom stereocenters. The number of fused-ring (bicyclic) bond motifs is 1. The van der Waals surface area contributed by atoms with Crippen LogP contribution in [0.4, 0.5) is 4.79 Å². The van der Waals surface area contributed by atoms with Gasteiger partial charge in [-0.05, 0) is 29.8 Å². The Labute approximate surface area is 168 Å². The van der Waals surface area contributed by atoms with Crippen molar-refractivity contribution in [3.63, 3.8) is 0 Å². The smallest absolute Gasteiger partial charge is 0.317 e. The Bertz CT molecular complexity index is 900. The van der Waals surface area contributed by atoms with Crippen molar-refractivity contribution in [2.45, 2.75) is 25.5 Å². The van der Waals surface area contributed by atoms with Crippen LogP contribution in [-0.4, -0.2) is 42.2 Å². The molecular weight excluding hydrogens is 374 g/mol. The van der Waals surface area contributed by atoms with Gasteiger partial charge < -0.3 is 19.7 Å². The fraction of sp³-hybridized carbons (Fsp3) is 0.333. The van der Waals surface area contributed by atoms with Crippen molar-refractivity contribution in [3.05, 3.63) is 54.1 Å². The number of carbonyl (C=O) groups excluding carboxylic acids is 1. The van der Waals surface area contributed by atoms with Crippen LogP contribution in [-0.2, 0) is 6.54 Å². The normalized spacial score (nSPS) is 14.8. The van der Waals surface area contributed by atoms with Crippen molar-refractivity contribution in [2.24, 2.45) is 0 Å². The number of piperidine rings is 1. The van der Waals surface area contributed by atoms with E-state index in [2.05, 4.69) is 16.4 Å². The second-order valence-corrected chi connectivity index (χ2v) is 7.75. The standard InChI is InChI=1S/C21H23N3O3S/c1-26-16-8-6-15(7-9-16)14-22-20(25)24-12-10-17(11-13-24)27-21-23-18-4-2-3-5-19(18)28-21/h2-9,17H,10-14H2,1H3,(H,22,25). The van der Waals surface area contributed by atoms with Gasteiger partial charge in [-0.15, -0.1) is 0 Å². The Kier molecular flexibility index (Phi) is 5.62. The van der Waals surface area contributed by atoms with Crippen molar-refractivity contribution < 1.29 is 14.3 Å².